The Kier molecular flexibility index (Phi) is 6.12. The standard InChI is InChI=1S/C18H22N8O2/c1-3-16(27)23-15-10-6-7-12(21-15)11-28-18-22-13-8-4-5-9-14(13)26(18)17(20-2)24-25-19/h4-10,16,27H,3,11H2,1-2H3,(H,21,23)(H2,19,20,24). The van der Waals surface area contributed by atoms with Crippen LogP contribution < -0.4 is 15.4 Å². The largest absolute Gasteiger partial charge is 0.458 e. The van der Waals surface area contributed by atoms with Gasteiger partial charge in [-0.25, -0.2) is 9.55 Å². The molecule has 3 rings (SSSR count). The number of nitrogens with zero attached hydrogens (tertiary/aromatic N) is 5. The van der Waals surface area contributed by atoms with Crippen LogP contribution in [0.15, 0.2) is 52.8 Å². The molecule has 1 aromatic carbocycles. The van der Waals surface area contributed by atoms with Crippen molar-refractivity contribution in [3.63, 3.8) is 0 Å². The van der Waals surface area contributed by atoms with Crippen LogP contribution in [0.3, 0.4) is 0 Å². The molecular formula is C18H22N8O2. The van der Waals surface area contributed by atoms with Crippen LogP contribution in [0, 0.1) is 5.53 Å². The van der Waals surface area contributed by atoms with Crippen LogP contribution in [-0.2, 0) is 6.61 Å². The van der Waals surface area contributed by atoms with E-state index >= 15 is 0 Å². The number of aliphatic hydroxyl groups is 1. The monoisotopic (exact) mass is 382 g/mol. The smallest absolute Gasteiger partial charge is 0.304 e. The second-order valence-electron chi connectivity index (χ2n) is 5.86. The quantitative estimate of drug-likeness (QED) is 0.163. The number of imidazole rings is 1. The van der Waals surface area contributed by atoms with Crippen molar-refractivity contribution in [2.45, 2.75) is 26.2 Å². The van der Waals surface area contributed by atoms with Gasteiger partial charge in [-0.3, -0.25) is 0 Å². The van der Waals surface area contributed by atoms with Gasteiger partial charge in [-0.05, 0) is 35.9 Å². The molecule has 10 nitrogen and oxygen atoms in total. The molecule has 2 aromatic heterocycles. The van der Waals surface area contributed by atoms with E-state index in [0.29, 0.717) is 29.9 Å². The number of benzene rings is 1. The van der Waals surface area contributed by atoms with Gasteiger partial charge >= 0.3 is 6.01 Å². The average molecular weight is 382 g/mol. The molecule has 0 amide bonds. The van der Waals surface area contributed by atoms with Crippen molar-refractivity contribution in [2.24, 2.45) is 10.3 Å². The van der Waals surface area contributed by atoms with Gasteiger partial charge in [0.05, 0.1) is 16.7 Å². The number of ether oxygens (including phenoxy) is 1. The zero-order valence-electron chi connectivity index (χ0n) is 15.6. The number of hydrogen-bond acceptors (Lipinski definition) is 7. The number of aromatic nitrogens is 3. The molecule has 0 spiro atoms. The lowest BCUT2D eigenvalue weighted by atomic mass is 10.3. The normalized spacial score (nSPS) is 12.6. The second kappa shape index (κ2) is 8.91. The molecule has 28 heavy (non-hydrogen) atoms. The summed E-state index contributed by atoms with van der Waals surface area (Å²) in [4.78, 5) is 8.93. The Morgan fingerprint density at radius 3 is 2.82 bits per heavy atom. The third kappa shape index (κ3) is 4.23. The fourth-order valence-corrected chi connectivity index (χ4v) is 2.61. The molecule has 0 aliphatic carbocycles. The SMILES string of the molecule is CCC(O)Nc1cccc(COc2nc3ccccc3n2/C(=N/N=N)NC)n1. The second-order valence-corrected chi connectivity index (χ2v) is 5.86. The molecule has 0 aliphatic rings. The van der Waals surface area contributed by atoms with Crippen LogP contribution in [0.5, 0.6) is 6.01 Å². The fraction of sp³-hybridized carbons (Fsp3) is 0.278. The number of aliphatic hydroxyl groups excluding tert-OH is 1. The molecule has 10 heteroatoms. The van der Waals surface area contributed by atoms with Crippen LogP contribution in [0.2, 0.25) is 0 Å². The molecule has 3 aromatic rings. The summed E-state index contributed by atoms with van der Waals surface area (Å²) >= 11 is 0. The van der Waals surface area contributed by atoms with Crippen LogP contribution >= 0.6 is 0 Å². The highest BCUT2D eigenvalue weighted by atomic mass is 16.5. The van der Waals surface area contributed by atoms with E-state index in [-0.39, 0.29) is 6.61 Å². The number of pyridine rings is 1. The Balaban J connectivity index is 1.88. The molecule has 0 saturated heterocycles. The van der Waals surface area contributed by atoms with E-state index in [1.54, 1.807) is 17.7 Å². The van der Waals surface area contributed by atoms with E-state index in [1.165, 1.54) is 0 Å². The third-order valence-electron chi connectivity index (χ3n) is 3.97. The van der Waals surface area contributed by atoms with Gasteiger partial charge in [-0.1, -0.05) is 30.2 Å². The lowest BCUT2D eigenvalue weighted by Gasteiger charge is -2.13. The summed E-state index contributed by atoms with van der Waals surface area (Å²) in [5.74, 6) is 0.877. The van der Waals surface area contributed by atoms with E-state index < -0.39 is 6.23 Å². The van der Waals surface area contributed by atoms with Gasteiger partial charge < -0.3 is 20.5 Å². The Morgan fingerprint density at radius 1 is 1.25 bits per heavy atom. The van der Waals surface area contributed by atoms with Crippen molar-refractivity contribution < 1.29 is 9.84 Å². The molecule has 4 N–H and O–H groups in total. The van der Waals surface area contributed by atoms with Crippen molar-refractivity contribution in [2.75, 3.05) is 12.4 Å². The highest BCUT2D eigenvalue weighted by molar-refractivity contribution is 5.93. The zero-order valence-corrected chi connectivity index (χ0v) is 15.6. The Labute approximate surface area is 161 Å². The van der Waals surface area contributed by atoms with Crippen LogP contribution in [0.1, 0.15) is 19.0 Å². The van der Waals surface area contributed by atoms with E-state index in [0.717, 1.165) is 11.0 Å². The predicted molar refractivity (Wildman–Crippen MR) is 105 cm³/mol. The minimum Gasteiger partial charge on any atom is -0.458 e. The summed E-state index contributed by atoms with van der Waals surface area (Å²) in [5.41, 5.74) is 9.19. The van der Waals surface area contributed by atoms with E-state index in [4.69, 9.17) is 10.3 Å². The number of fused-ring (bicyclic) bond motifs is 1. The predicted octanol–water partition coefficient (Wildman–Crippen LogP) is 2.52. The lowest BCUT2D eigenvalue weighted by Crippen LogP contribution is -2.27. The number of anilines is 1. The van der Waals surface area contributed by atoms with Crippen molar-refractivity contribution in [1.82, 2.24) is 19.9 Å². The Bertz CT molecular complexity index is 985. The van der Waals surface area contributed by atoms with Crippen molar-refractivity contribution in [1.29, 1.82) is 5.53 Å². The van der Waals surface area contributed by atoms with E-state index in [9.17, 15) is 5.11 Å². The van der Waals surface area contributed by atoms with Gasteiger partial charge in [-0.15, -0.1) is 0 Å². The molecule has 146 valence electrons. The summed E-state index contributed by atoms with van der Waals surface area (Å²) in [7, 11) is 1.68. The molecule has 0 aliphatic heterocycles. The van der Waals surface area contributed by atoms with Gasteiger partial charge in [0.15, 0.2) is 0 Å². The number of rotatable bonds is 7. The Morgan fingerprint density at radius 2 is 2.07 bits per heavy atom. The van der Waals surface area contributed by atoms with Crippen LogP contribution in [-0.4, -0.2) is 38.9 Å². The van der Waals surface area contributed by atoms with Gasteiger partial charge in [-0.2, -0.15) is 10.5 Å². The van der Waals surface area contributed by atoms with E-state index in [1.807, 2.05) is 43.3 Å². The minimum absolute atomic E-state index is 0.163. The van der Waals surface area contributed by atoms with Crippen molar-refractivity contribution in [3.05, 3.63) is 48.2 Å². The van der Waals surface area contributed by atoms with Crippen LogP contribution in [0.25, 0.3) is 11.0 Å². The fourth-order valence-electron chi connectivity index (χ4n) is 2.61. The highest BCUT2D eigenvalue weighted by Gasteiger charge is 2.16. The summed E-state index contributed by atoms with van der Waals surface area (Å²) in [6.07, 6.45) is -0.0875. The first-order chi connectivity index (χ1) is 13.7. The molecule has 0 saturated carbocycles. The number of para-hydroxylation sites is 2. The molecular weight excluding hydrogens is 360 g/mol. The van der Waals surface area contributed by atoms with Gasteiger partial charge in [0.2, 0.25) is 5.96 Å². The Hall–Kier alpha value is -3.53. The maximum absolute atomic E-state index is 9.73. The van der Waals surface area contributed by atoms with Gasteiger partial charge in [0, 0.05) is 7.05 Å². The van der Waals surface area contributed by atoms with Gasteiger partial charge in [0.25, 0.3) is 0 Å². The van der Waals surface area contributed by atoms with Crippen LogP contribution in [0.4, 0.5) is 5.82 Å². The molecule has 0 bridgehead atoms. The summed E-state index contributed by atoms with van der Waals surface area (Å²) in [5, 5.41) is 22.4. The molecule has 0 radical (unpaired) electrons. The zero-order chi connectivity index (χ0) is 19.9. The van der Waals surface area contributed by atoms with Crippen molar-refractivity contribution >= 4 is 22.8 Å². The van der Waals surface area contributed by atoms with Crippen molar-refractivity contribution in [3.8, 4) is 6.01 Å². The highest BCUT2D eigenvalue weighted by Crippen LogP contribution is 2.22. The number of hydrogen-bond donors (Lipinski definition) is 4. The maximum Gasteiger partial charge on any atom is 0.304 e. The van der Waals surface area contributed by atoms with Gasteiger partial charge in [0.1, 0.15) is 18.7 Å². The minimum atomic E-state index is -0.657. The molecule has 2 heterocycles. The van der Waals surface area contributed by atoms with E-state index in [2.05, 4.69) is 30.9 Å². The molecule has 1 atom stereocenters. The summed E-state index contributed by atoms with van der Waals surface area (Å²) in [6, 6.07) is 13.2. The molecule has 0 fully saturated rings. The topological polar surface area (TPSA) is 133 Å². The lowest BCUT2D eigenvalue weighted by molar-refractivity contribution is 0.199. The number of nitrogens with one attached hydrogen (secondary N) is 3. The first-order valence-electron chi connectivity index (χ1n) is 8.79. The average Bonchev–Trinajstić information content (AvgIpc) is 3.09. The first kappa shape index (κ1) is 19.2. The summed E-state index contributed by atoms with van der Waals surface area (Å²) < 4.78 is 7.55. The first-order valence-corrected chi connectivity index (χ1v) is 8.79. The maximum atomic E-state index is 9.73. The third-order valence-corrected chi connectivity index (χ3v) is 3.97. The molecule has 1 unspecified atom stereocenters. The summed E-state index contributed by atoms with van der Waals surface area (Å²) in [6.45, 7) is 2.04.